The second kappa shape index (κ2) is 4.21. The average molecular weight is 228 g/mol. The molecular formula is C12H12N4O. The van der Waals surface area contributed by atoms with E-state index >= 15 is 0 Å². The third-order valence-electron chi connectivity index (χ3n) is 2.39. The van der Waals surface area contributed by atoms with Crippen molar-refractivity contribution in [1.82, 2.24) is 9.55 Å². The Hall–Kier alpha value is -2.43. The molecule has 5 heteroatoms. The van der Waals surface area contributed by atoms with Gasteiger partial charge in [0.25, 0.3) is 5.56 Å². The molecule has 2 rings (SSSR count). The molecule has 0 saturated carbocycles. The Morgan fingerprint density at radius 1 is 1.29 bits per heavy atom. The summed E-state index contributed by atoms with van der Waals surface area (Å²) in [6.45, 7) is 1.47. The Balaban J connectivity index is 2.66. The maximum atomic E-state index is 11.8. The number of rotatable bonds is 1. The average Bonchev–Trinajstić information content (AvgIpc) is 2.28. The van der Waals surface area contributed by atoms with Gasteiger partial charge in [0.15, 0.2) is 0 Å². The summed E-state index contributed by atoms with van der Waals surface area (Å²) in [5, 5.41) is 15.1. The van der Waals surface area contributed by atoms with Crippen LogP contribution in [0.2, 0.25) is 0 Å². The second-order valence-electron chi connectivity index (χ2n) is 3.66. The number of aromatic amines is 1. The number of hydrogen-bond donors (Lipinski definition) is 3. The van der Waals surface area contributed by atoms with E-state index in [-0.39, 0.29) is 17.0 Å². The highest BCUT2D eigenvalue weighted by atomic mass is 16.1. The summed E-state index contributed by atoms with van der Waals surface area (Å²) in [4.78, 5) is 14.6. The van der Waals surface area contributed by atoms with E-state index in [1.165, 1.54) is 13.0 Å². The number of aromatic nitrogens is 2. The van der Waals surface area contributed by atoms with Crippen LogP contribution in [-0.4, -0.2) is 15.4 Å². The fourth-order valence-corrected chi connectivity index (χ4v) is 1.62. The minimum Gasteiger partial charge on any atom is -0.325 e. The van der Waals surface area contributed by atoms with Gasteiger partial charge in [0.05, 0.1) is 5.69 Å². The molecule has 5 nitrogen and oxygen atoms in total. The fraction of sp³-hybridized carbons (Fsp3) is 0.0833. The lowest BCUT2D eigenvalue weighted by Crippen LogP contribution is -2.38. The van der Waals surface area contributed by atoms with Gasteiger partial charge in [0.1, 0.15) is 5.84 Å². The molecule has 1 aromatic heterocycles. The highest BCUT2D eigenvalue weighted by molar-refractivity contribution is 5.78. The largest absolute Gasteiger partial charge is 0.325 e. The third kappa shape index (κ3) is 2.08. The van der Waals surface area contributed by atoms with E-state index in [2.05, 4.69) is 4.98 Å². The van der Waals surface area contributed by atoms with E-state index in [0.717, 1.165) is 10.1 Å². The van der Waals surface area contributed by atoms with Crippen molar-refractivity contribution >= 4 is 5.84 Å². The zero-order valence-corrected chi connectivity index (χ0v) is 9.32. The molecule has 86 valence electrons. The number of hydrogen-bond acceptors (Lipinski definition) is 3. The molecule has 0 atom stereocenters. The monoisotopic (exact) mass is 228 g/mol. The third-order valence-corrected chi connectivity index (χ3v) is 2.39. The summed E-state index contributed by atoms with van der Waals surface area (Å²) in [5.41, 5.74) is 0.954. The van der Waals surface area contributed by atoms with Gasteiger partial charge in [-0.2, -0.15) is 0 Å². The van der Waals surface area contributed by atoms with Gasteiger partial charge < -0.3 is 4.98 Å². The van der Waals surface area contributed by atoms with Crippen molar-refractivity contribution in [2.24, 2.45) is 0 Å². The minimum absolute atomic E-state index is 0.0239. The van der Waals surface area contributed by atoms with Crippen LogP contribution >= 0.6 is 0 Å². The molecule has 0 aliphatic carbocycles. The molecule has 1 heterocycles. The van der Waals surface area contributed by atoms with Crippen LogP contribution in [0.4, 0.5) is 0 Å². The van der Waals surface area contributed by atoms with Gasteiger partial charge in [-0.3, -0.25) is 15.6 Å². The van der Waals surface area contributed by atoms with E-state index in [1.54, 1.807) is 0 Å². The van der Waals surface area contributed by atoms with Gasteiger partial charge in [-0.1, -0.05) is 30.3 Å². The van der Waals surface area contributed by atoms with Crippen LogP contribution in [0.25, 0.3) is 11.3 Å². The first-order chi connectivity index (χ1) is 8.09. The van der Waals surface area contributed by atoms with E-state index in [1.807, 2.05) is 30.3 Å². The highest BCUT2D eigenvalue weighted by Gasteiger charge is 2.04. The first-order valence-electron chi connectivity index (χ1n) is 5.11. The van der Waals surface area contributed by atoms with Crippen LogP contribution in [0.5, 0.6) is 0 Å². The van der Waals surface area contributed by atoms with Crippen molar-refractivity contribution in [3.8, 4) is 11.3 Å². The molecule has 0 radical (unpaired) electrons. The van der Waals surface area contributed by atoms with Crippen LogP contribution in [-0.2, 0) is 0 Å². The molecule has 0 bridgehead atoms. The van der Waals surface area contributed by atoms with Crippen molar-refractivity contribution < 1.29 is 0 Å². The van der Waals surface area contributed by atoms with Gasteiger partial charge >= 0.3 is 0 Å². The Labute approximate surface area is 97.4 Å². The number of H-pyrrole nitrogens is 1. The van der Waals surface area contributed by atoms with Crippen LogP contribution < -0.4 is 11.2 Å². The number of benzene rings is 1. The standard InChI is InChI=1S/C12H12N4O/c1-8(13)16-11(17)7-10(15-12(16)14)9-5-3-2-4-6-9/h2-7,13H,1H3,(H2,14,15). The van der Waals surface area contributed by atoms with Gasteiger partial charge in [0, 0.05) is 6.07 Å². The number of nitrogens with one attached hydrogen (secondary N) is 3. The molecule has 0 saturated heterocycles. The molecule has 3 N–H and O–H groups in total. The molecule has 0 unspecified atom stereocenters. The Kier molecular flexibility index (Phi) is 2.74. The van der Waals surface area contributed by atoms with E-state index in [4.69, 9.17) is 10.8 Å². The Morgan fingerprint density at radius 3 is 2.47 bits per heavy atom. The molecular weight excluding hydrogens is 216 g/mol. The highest BCUT2D eigenvalue weighted by Crippen LogP contribution is 2.12. The maximum absolute atomic E-state index is 11.8. The van der Waals surface area contributed by atoms with Crippen molar-refractivity contribution in [2.45, 2.75) is 6.92 Å². The van der Waals surface area contributed by atoms with Crippen molar-refractivity contribution in [2.75, 3.05) is 0 Å². The lowest BCUT2D eigenvalue weighted by molar-refractivity contribution is 0.848. The molecule has 0 fully saturated rings. The van der Waals surface area contributed by atoms with Gasteiger partial charge in [-0.05, 0) is 12.5 Å². The quantitative estimate of drug-likeness (QED) is 0.496. The first-order valence-corrected chi connectivity index (χ1v) is 5.11. The molecule has 0 aliphatic rings. The van der Waals surface area contributed by atoms with Gasteiger partial charge in [0.2, 0.25) is 5.62 Å². The smallest absolute Gasteiger partial charge is 0.260 e. The molecule has 0 amide bonds. The Bertz CT molecular complexity index is 636. The van der Waals surface area contributed by atoms with Gasteiger partial charge in [-0.15, -0.1) is 0 Å². The van der Waals surface area contributed by atoms with Gasteiger partial charge in [-0.25, -0.2) is 4.57 Å². The summed E-state index contributed by atoms with van der Waals surface area (Å²) < 4.78 is 1.01. The summed E-state index contributed by atoms with van der Waals surface area (Å²) in [6, 6.07) is 10.7. The summed E-state index contributed by atoms with van der Waals surface area (Å²) >= 11 is 0. The van der Waals surface area contributed by atoms with E-state index < -0.39 is 0 Å². The molecule has 17 heavy (non-hydrogen) atoms. The normalized spacial score (nSPS) is 10.2. The van der Waals surface area contributed by atoms with Crippen LogP contribution in [0.15, 0.2) is 41.2 Å². The molecule has 1 aromatic carbocycles. The summed E-state index contributed by atoms with van der Waals surface area (Å²) in [7, 11) is 0. The van der Waals surface area contributed by atoms with Crippen LogP contribution in [0.3, 0.4) is 0 Å². The fourth-order valence-electron chi connectivity index (χ4n) is 1.62. The van der Waals surface area contributed by atoms with Crippen molar-refractivity contribution in [3.05, 3.63) is 52.4 Å². The first kappa shape index (κ1) is 11.1. The van der Waals surface area contributed by atoms with Crippen LogP contribution in [0, 0.1) is 10.8 Å². The molecule has 0 aliphatic heterocycles. The molecule has 0 spiro atoms. The van der Waals surface area contributed by atoms with E-state index in [0.29, 0.717) is 5.69 Å². The predicted octanol–water partition coefficient (Wildman–Crippen LogP) is 1.17. The van der Waals surface area contributed by atoms with Crippen molar-refractivity contribution in [3.63, 3.8) is 0 Å². The van der Waals surface area contributed by atoms with Crippen LogP contribution in [0.1, 0.15) is 6.92 Å². The summed E-state index contributed by atoms with van der Waals surface area (Å²) in [6.07, 6.45) is 0. The lowest BCUT2D eigenvalue weighted by atomic mass is 10.1. The lowest BCUT2D eigenvalue weighted by Gasteiger charge is -2.06. The summed E-state index contributed by atoms with van der Waals surface area (Å²) in [5.74, 6) is 0.0239. The molecule has 2 aromatic rings. The van der Waals surface area contributed by atoms with Crippen molar-refractivity contribution in [1.29, 1.82) is 10.8 Å². The predicted molar refractivity (Wildman–Crippen MR) is 65.1 cm³/mol. The number of nitrogens with zero attached hydrogens (tertiary/aromatic N) is 1. The topological polar surface area (TPSA) is 85.5 Å². The SMILES string of the molecule is CC(=N)n1c(=O)cc(-c2ccccc2)[nH]c1=N. The Morgan fingerprint density at radius 2 is 1.94 bits per heavy atom. The maximum Gasteiger partial charge on any atom is 0.260 e. The minimum atomic E-state index is -0.375. The van der Waals surface area contributed by atoms with E-state index in [9.17, 15) is 4.79 Å². The second-order valence-corrected chi connectivity index (χ2v) is 3.66. The zero-order valence-electron chi connectivity index (χ0n) is 9.32. The zero-order chi connectivity index (χ0) is 12.4.